The highest BCUT2D eigenvalue weighted by molar-refractivity contribution is 7.21. The van der Waals surface area contributed by atoms with Gasteiger partial charge in [0.25, 0.3) is 0 Å². The molecule has 0 radical (unpaired) electrons. The lowest BCUT2D eigenvalue weighted by Gasteiger charge is -2.14. The van der Waals surface area contributed by atoms with Crippen molar-refractivity contribution in [2.75, 3.05) is 27.4 Å². The molecule has 4 aromatic rings. The van der Waals surface area contributed by atoms with Crippen LogP contribution in [-0.2, 0) is 16.0 Å². The normalized spacial score (nSPS) is 12.7. The Morgan fingerprint density at radius 1 is 0.841 bits per heavy atom. The monoisotopic (exact) mass is 648 g/mol. The molecule has 1 N–H and O–H groups in total. The zero-order chi connectivity index (χ0) is 32.1. The first-order valence-corrected chi connectivity index (χ1v) is 15.7. The van der Waals surface area contributed by atoms with E-state index in [0.29, 0.717) is 27.6 Å². The minimum atomic E-state index is -1.08. The summed E-state index contributed by atoms with van der Waals surface area (Å²) in [6.45, 7) is 4.96. The molecule has 2 heterocycles. The Balaban J connectivity index is 1.42. The molecule has 4 rings (SSSR count). The van der Waals surface area contributed by atoms with Gasteiger partial charge in [-0.1, -0.05) is 13.8 Å². The SMILES string of the molecule is COc1cc2sc(CC[C@H](C)C(C)=O)cc2c(F)c1OCCCOc1c(OC)cc2sc(C(=O)C[C@H](C)C(=O)O)cc2c1F. The summed E-state index contributed by atoms with van der Waals surface area (Å²) in [5, 5.41) is 9.68. The zero-order valence-electron chi connectivity index (χ0n) is 25.1. The number of hydrogen-bond donors (Lipinski definition) is 1. The summed E-state index contributed by atoms with van der Waals surface area (Å²) in [6.07, 6.45) is 1.42. The van der Waals surface area contributed by atoms with Crippen LogP contribution >= 0.6 is 22.7 Å². The van der Waals surface area contributed by atoms with Gasteiger partial charge in [0.2, 0.25) is 0 Å². The van der Waals surface area contributed by atoms with Crippen LogP contribution in [-0.4, -0.2) is 50.1 Å². The first-order valence-electron chi connectivity index (χ1n) is 14.1. The smallest absolute Gasteiger partial charge is 0.306 e. The van der Waals surface area contributed by atoms with Crippen molar-refractivity contribution in [3.63, 3.8) is 0 Å². The Morgan fingerprint density at radius 2 is 1.39 bits per heavy atom. The quantitative estimate of drug-likeness (QED) is 0.0973. The highest BCUT2D eigenvalue weighted by atomic mass is 32.1. The lowest BCUT2D eigenvalue weighted by Crippen LogP contribution is -2.13. The molecule has 0 spiro atoms. The summed E-state index contributed by atoms with van der Waals surface area (Å²) in [5.41, 5.74) is 0. The molecule has 0 saturated heterocycles. The van der Waals surface area contributed by atoms with Gasteiger partial charge in [-0.3, -0.25) is 14.4 Å². The highest BCUT2D eigenvalue weighted by Gasteiger charge is 2.23. The standard InChI is InChI=1S/C32H34F2O8S2/c1-16(18(3)35)7-8-19-12-20-25(43-19)14-23(39-4)30(28(20)33)41-9-6-10-42-31-24(40-5)15-26-21(29(31)34)13-27(44-26)22(36)11-17(2)32(37)38/h12-17H,6-11H2,1-5H3,(H,37,38)/t16-,17-/m0/s1. The maximum absolute atomic E-state index is 15.5. The van der Waals surface area contributed by atoms with Gasteiger partial charge < -0.3 is 24.1 Å². The van der Waals surface area contributed by atoms with Gasteiger partial charge in [0.1, 0.15) is 5.78 Å². The number of Topliss-reactive ketones (excluding diaryl/α,β-unsaturated/α-hetero) is 2. The molecule has 0 aliphatic carbocycles. The summed E-state index contributed by atoms with van der Waals surface area (Å²) in [5.74, 6) is -3.29. The molecule has 0 aliphatic heterocycles. The molecule has 236 valence electrons. The van der Waals surface area contributed by atoms with Crippen LogP contribution in [0.25, 0.3) is 20.2 Å². The summed E-state index contributed by atoms with van der Waals surface area (Å²) in [6, 6.07) is 6.47. The van der Waals surface area contributed by atoms with E-state index < -0.39 is 23.5 Å². The number of ketones is 2. The van der Waals surface area contributed by atoms with Crippen LogP contribution in [0.2, 0.25) is 0 Å². The van der Waals surface area contributed by atoms with E-state index in [1.807, 2.05) is 6.92 Å². The predicted octanol–water partition coefficient (Wildman–Crippen LogP) is 7.71. The first kappa shape index (κ1) is 33.1. The maximum Gasteiger partial charge on any atom is 0.306 e. The number of hydrogen-bond acceptors (Lipinski definition) is 9. The van der Waals surface area contributed by atoms with Crippen molar-refractivity contribution in [2.24, 2.45) is 11.8 Å². The number of methoxy groups -OCH3 is 2. The number of thiophene rings is 2. The number of rotatable bonds is 16. The first-order chi connectivity index (χ1) is 20.9. The molecule has 0 bridgehead atoms. The second-order valence-corrected chi connectivity index (χ2v) is 12.8. The van der Waals surface area contributed by atoms with E-state index in [9.17, 15) is 14.4 Å². The molecule has 0 fully saturated rings. The number of fused-ring (bicyclic) bond motifs is 2. The van der Waals surface area contributed by atoms with Crippen LogP contribution in [0.1, 0.15) is 54.6 Å². The molecule has 44 heavy (non-hydrogen) atoms. The Morgan fingerprint density at radius 3 is 1.91 bits per heavy atom. The number of aliphatic carboxylic acids is 1. The van der Waals surface area contributed by atoms with Crippen LogP contribution in [0.4, 0.5) is 8.78 Å². The van der Waals surface area contributed by atoms with Crippen LogP contribution in [0, 0.1) is 23.5 Å². The summed E-state index contributed by atoms with van der Waals surface area (Å²) < 4.78 is 54.3. The Kier molecular flexibility index (Phi) is 10.8. The predicted molar refractivity (Wildman–Crippen MR) is 166 cm³/mol. The second kappa shape index (κ2) is 14.3. The molecule has 2 atom stereocenters. The third kappa shape index (κ3) is 7.29. The van der Waals surface area contributed by atoms with Crippen molar-refractivity contribution < 1.29 is 47.2 Å². The lowest BCUT2D eigenvalue weighted by molar-refractivity contribution is -0.141. The van der Waals surface area contributed by atoms with E-state index in [1.165, 1.54) is 38.5 Å². The number of ether oxygens (including phenoxy) is 4. The zero-order valence-corrected chi connectivity index (χ0v) is 26.7. The highest BCUT2D eigenvalue weighted by Crippen LogP contribution is 2.42. The molecule has 0 saturated carbocycles. The largest absolute Gasteiger partial charge is 0.493 e. The van der Waals surface area contributed by atoms with E-state index in [4.69, 9.17) is 24.1 Å². The van der Waals surface area contributed by atoms with Crippen molar-refractivity contribution in [2.45, 2.75) is 46.5 Å². The minimum absolute atomic E-state index is 0.0218. The van der Waals surface area contributed by atoms with Crippen LogP contribution in [0.15, 0.2) is 24.3 Å². The van der Waals surface area contributed by atoms with Crippen molar-refractivity contribution in [3.05, 3.63) is 45.7 Å². The Labute approximate surface area is 261 Å². The van der Waals surface area contributed by atoms with Crippen LogP contribution in [0.3, 0.4) is 0 Å². The molecule has 12 heteroatoms. The molecule has 2 aromatic heterocycles. The molecular formula is C32H34F2O8S2. The van der Waals surface area contributed by atoms with E-state index in [1.54, 1.807) is 25.1 Å². The third-order valence-corrected chi connectivity index (χ3v) is 9.61. The lowest BCUT2D eigenvalue weighted by atomic mass is 10.0. The van der Waals surface area contributed by atoms with Gasteiger partial charge in [-0.25, -0.2) is 8.78 Å². The van der Waals surface area contributed by atoms with Gasteiger partial charge in [-0.05, 0) is 31.9 Å². The van der Waals surface area contributed by atoms with Crippen LogP contribution < -0.4 is 18.9 Å². The number of carboxylic acids is 1. The molecule has 0 aliphatic rings. The summed E-state index contributed by atoms with van der Waals surface area (Å²) in [4.78, 5) is 36.5. The van der Waals surface area contributed by atoms with E-state index in [-0.39, 0.29) is 76.8 Å². The minimum Gasteiger partial charge on any atom is -0.493 e. The number of halogens is 2. The number of carboxylic acid groups (broad SMARTS) is 1. The van der Waals surface area contributed by atoms with Gasteiger partial charge in [0.05, 0.1) is 38.2 Å². The Hall–Kier alpha value is -3.77. The fourth-order valence-corrected chi connectivity index (χ4v) is 6.66. The number of carbonyl (C=O) groups is 3. The van der Waals surface area contributed by atoms with Gasteiger partial charge in [0.15, 0.2) is 40.4 Å². The Bertz CT molecular complexity index is 1690. The number of carbonyl (C=O) groups excluding carboxylic acids is 2. The van der Waals surface area contributed by atoms with E-state index in [0.717, 1.165) is 16.2 Å². The number of aryl methyl sites for hydroxylation is 1. The average Bonchev–Trinajstić information content (AvgIpc) is 3.61. The third-order valence-electron chi connectivity index (χ3n) is 7.34. The van der Waals surface area contributed by atoms with Crippen LogP contribution in [0.5, 0.6) is 23.0 Å². The van der Waals surface area contributed by atoms with E-state index in [2.05, 4.69) is 0 Å². The van der Waals surface area contributed by atoms with Gasteiger partial charge >= 0.3 is 5.97 Å². The fraction of sp³-hybridized carbons (Fsp3) is 0.406. The van der Waals surface area contributed by atoms with Crippen molar-refractivity contribution >= 4 is 60.4 Å². The second-order valence-electron chi connectivity index (χ2n) is 10.6. The average molecular weight is 649 g/mol. The topological polar surface area (TPSA) is 108 Å². The molecule has 8 nitrogen and oxygen atoms in total. The molecule has 0 unspecified atom stereocenters. The summed E-state index contributed by atoms with van der Waals surface area (Å²) >= 11 is 2.50. The number of benzene rings is 2. The maximum atomic E-state index is 15.5. The molecular weight excluding hydrogens is 614 g/mol. The summed E-state index contributed by atoms with van der Waals surface area (Å²) in [7, 11) is 2.80. The van der Waals surface area contributed by atoms with E-state index >= 15 is 8.78 Å². The molecule has 0 amide bonds. The fourth-order valence-electron chi connectivity index (χ4n) is 4.52. The van der Waals surface area contributed by atoms with Gasteiger partial charge in [0, 0.05) is 55.9 Å². The van der Waals surface area contributed by atoms with Gasteiger partial charge in [-0.2, -0.15) is 0 Å². The van der Waals surface area contributed by atoms with Gasteiger partial charge in [-0.15, -0.1) is 22.7 Å². The van der Waals surface area contributed by atoms with Crippen molar-refractivity contribution in [1.29, 1.82) is 0 Å². The molecule has 2 aromatic carbocycles. The van der Waals surface area contributed by atoms with Crippen molar-refractivity contribution in [1.82, 2.24) is 0 Å². The van der Waals surface area contributed by atoms with Crippen molar-refractivity contribution in [3.8, 4) is 23.0 Å².